The van der Waals surface area contributed by atoms with E-state index in [-0.39, 0.29) is 0 Å². The van der Waals surface area contributed by atoms with Gasteiger partial charge in [-0.05, 0) is 18.9 Å². The molecule has 0 N–H and O–H groups in total. The van der Waals surface area contributed by atoms with Crippen LogP contribution in [0.5, 0.6) is 0 Å². The Morgan fingerprint density at radius 2 is 2.06 bits per heavy atom. The van der Waals surface area contributed by atoms with Crippen molar-refractivity contribution in [1.29, 1.82) is 0 Å². The fourth-order valence-corrected chi connectivity index (χ4v) is 3.15. The molecule has 0 bridgehead atoms. The van der Waals surface area contributed by atoms with Gasteiger partial charge in [-0.2, -0.15) is 5.10 Å². The molecule has 0 unspecified atom stereocenters. The monoisotopic (exact) mass is 299 g/mol. The highest BCUT2D eigenvalue weighted by molar-refractivity contribution is 9.09. The van der Waals surface area contributed by atoms with Crippen LogP contribution in [0.2, 0.25) is 0 Å². The maximum absolute atomic E-state index is 4.27. The summed E-state index contributed by atoms with van der Waals surface area (Å²) in [6, 6.07) is 2.80. The molecule has 0 atom stereocenters. The normalized spacial score (nSPS) is 17.8. The highest BCUT2D eigenvalue weighted by atomic mass is 79.9. The van der Waals surface area contributed by atoms with Crippen LogP contribution in [0, 0.1) is 0 Å². The quantitative estimate of drug-likeness (QED) is 0.753. The van der Waals surface area contributed by atoms with Crippen LogP contribution in [-0.4, -0.2) is 39.1 Å². The lowest BCUT2D eigenvalue weighted by Crippen LogP contribution is -2.40. The molecule has 1 aliphatic carbocycles. The Bertz CT molecular complexity index is 294. The molecule has 1 aromatic heterocycles. The lowest BCUT2D eigenvalue weighted by atomic mass is 9.94. The van der Waals surface area contributed by atoms with E-state index in [0.29, 0.717) is 0 Å². The van der Waals surface area contributed by atoms with Crippen molar-refractivity contribution in [1.82, 2.24) is 14.7 Å². The van der Waals surface area contributed by atoms with Gasteiger partial charge in [0.1, 0.15) is 0 Å². The Balaban J connectivity index is 1.82. The third-order valence-electron chi connectivity index (χ3n) is 3.64. The zero-order valence-electron chi connectivity index (χ0n) is 10.4. The fraction of sp³-hybridized carbons (Fsp3) is 0.769. The van der Waals surface area contributed by atoms with Gasteiger partial charge in [-0.25, -0.2) is 0 Å². The molecule has 0 aliphatic heterocycles. The smallest absolute Gasteiger partial charge is 0.0536 e. The lowest BCUT2D eigenvalue weighted by Gasteiger charge is -2.33. The summed E-state index contributed by atoms with van der Waals surface area (Å²) in [7, 11) is 0. The highest BCUT2D eigenvalue weighted by Gasteiger charge is 2.20. The van der Waals surface area contributed by atoms with Crippen LogP contribution < -0.4 is 0 Å². The number of alkyl halides is 1. The van der Waals surface area contributed by atoms with Crippen molar-refractivity contribution in [3.63, 3.8) is 0 Å². The van der Waals surface area contributed by atoms with E-state index in [9.17, 15) is 0 Å². The van der Waals surface area contributed by atoms with Crippen molar-refractivity contribution in [3.05, 3.63) is 18.5 Å². The van der Waals surface area contributed by atoms with Gasteiger partial charge in [-0.1, -0.05) is 35.2 Å². The third kappa shape index (κ3) is 4.11. The first kappa shape index (κ1) is 13.1. The summed E-state index contributed by atoms with van der Waals surface area (Å²) >= 11 is 3.57. The van der Waals surface area contributed by atoms with E-state index in [0.717, 1.165) is 31.0 Å². The molecule has 1 heterocycles. The minimum absolute atomic E-state index is 0.803. The fourth-order valence-electron chi connectivity index (χ4n) is 2.70. The second-order valence-corrected chi connectivity index (χ2v) is 5.58. The molecule has 3 nitrogen and oxygen atoms in total. The van der Waals surface area contributed by atoms with Crippen LogP contribution in [0.4, 0.5) is 0 Å². The molecular formula is C13H22BrN3. The van der Waals surface area contributed by atoms with Gasteiger partial charge < -0.3 is 0 Å². The maximum Gasteiger partial charge on any atom is 0.0536 e. The van der Waals surface area contributed by atoms with E-state index in [4.69, 9.17) is 0 Å². The van der Waals surface area contributed by atoms with Crippen LogP contribution in [0.25, 0.3) is 0 Å². The zero-order valence-corrected chi connectivity index (χ0v) is 12.0. The summed E-state index contributed by atoms with van der Waals surface area (Å²) in [5.41, 5.74) is 0. The SMILES string of the molecule is BrCCN(CCn1cccn1)C1CCCCC1. The Labute approximate surface area is 112 Å². The van der Waals surface area contributed by atoms with Crippen molar-refractivity contribution < 1.29 is 0 Å². The predicted octanol–water partition coefficient (Wildman–Crippen LogP) is 2.91. The van der Waals surface area contributed by atoms with Crippen LogP contribution in [0.15, 0.2) is 18.5 Å². The maximum atomic E-state index is 4.27. The van der Waals surface area contributed by atoms with Crippen LogP contribution >= 0.6 is 15.9 Å². The first-order chi connectivity index (χ1) is 8.40. The van der Waals surface area contributed by atoms with Crippen molar-refractivity contribution in [2.24, 2.45) is 0 Å². The van der Waals surface area contributed by atoms with E-state index in [1.54, 1.807) is 0 Å². The van der Waals surface area contributed by atoms with E-state index >= 15 is 0 Å². The largest absolute Gasteiger partial charge is 0.298 e. The van der Waals surface area contributed by atoms with E-state index in [2.05, 4.69) is 25.9 Å². The zero-order chi connectivity index (χ0) is 11.9. The van der Waals surface area contributed by atoms with Crippen molar-refractivity contribution in [2.45, 2.75) is 44.7 Å². The number of nitrogens with zero attached hydrogens (tertiary/aromatic N) is 3. The highest BCUT2D eigenvalue weighted by Crippen LogP contribution is 2.22. The molecule has 17 heavy (non-hydrogen) atoms. The van der Waals surface area contributed by atoms with Crippen LogP contribution in [0.3, 0.4) is 0 Å². The summed E-state index contributed by atoms with van der Waals surface area (Å²) in [6.07, 6.45) is 10.9. The number of aromatic nitrogens is 2. The van der Waals surface area contributed by atoms with Gasteiger partial charge in [0, 0.05) is 36.9 Å². The molecule has 96 valence electrons. The van der Waals surface area contributed by atoms with Crippen molar-refractivity contribution >= 4 is 15.9 Å². The molecule has 1 aromatic rings. The minimum atomic E-state index is 0.803. The van der Waals surface area contributed by atoms with E-state index < -0.39 is 0 Å². The van der Waals surface area contributed by atoms with E-state index in [1.807, 2.05) is 23.1 Å². The Morgan fingerprint density at radius 1 is 1.24 bits per heavy atom. The molecule has 0 spiro atoms. The summed E-state index contributed by atoms with van der Waals surface area (Å²) in [5, 5.41) is 5.34. The topological polar surface area (TPSA) is 21.1 Å². The molecule has 0 saturated heterocycles. The Hall–Kier alpha value is -0.350. The average Bonchev–Trinajstić information content (AvgIpc) is 2.88. The number of rotatable bonds is 6. The lowest BCUT2D eigenvalue weighted by molar-refractivity contribution is 0.158. The second-order valence-electron chi connectivity index (χ2n) is 4.79. The standard InChI is InChI=1S/C13H22BrN3/c14-7-10-16(13-5-2-1-3-6-13)11-12-17-9-4-8-15-17/h4,8-9,13H,1-3,5-7,10-12H2. The first-order valence-corrected chi connectivity index (χ1v) is 7.80. The van der Waals surface area contributed by atoms with Crippen molar-refractivity contribution in [2.75, 3.05) is 18.4 Å². The predicted molar refractivity (Wildman–Crippen MR) is 74.5 cm³/mol. The van der Waals surface area contributed by atoms with Gasteiger partial charge in [0.15, 0.2) is 0 Å². The Kier molecular flexibility index (Phi) is 5.52. The molecule has 0 aromatic carbocycles. The molecule has 0 amide bonds. The first-order valence-electron chi connectivity index (χ1n) is 6.67. The molecule has 0 radical (unpaired) electrons. The molecule has 4 heteroatoms. The minimum Gasteiger partial charge on any atom is -0.298 e. The van der Waals surface area contributed by atoms with Gasteiger partial charge in [-0.15, -0.1) is 0 Å². The third-order valence-corrected chi connectivity index (χ3v) is 3.99. The van der Waals surface area contributed by atoms with Crippen LogP contribution in [-0.2, 0) is 6.54 Å². The number of hydrogen-bond acceptors (Lipinski definition) is 2. The molecule has 1 fully saturated rings. The van der Waals surface area contributed by atoms with Gasteiger partial charge >= 0.3 is 0 Å². The molecular weight excluding hydrogens is 278 g/mol. The van der Waals surface area contributed by atoms with Crippen molar-refractivity contribution in [3.8, 4) is 0 Å². The van der Waals surface area contributed by atoms with Gasteiger partial charge in [0.05, 0.1) is 6.54 Å². The summed E-state index contributed by atoms with van der Waals surface area (Å²) < 4.78 is 2.03. The summed E-state index contributed by atoms with van der Waals surface area (Å²) in [4.78, 5) is 2.63. The van der Waals surface area contributed by atoms with Gasteiger partial charge in [0.2, 0.25) is 0 Å². The summed E-state index contributed by atoms with van der Waals surface area (Å²) in [5.74, 6) is 0. The number of hydrogen-bond donors (Lipinski definition) is 0. The second kappa shape index (κ2) is 7.17. The van der Waals surface area contributed by atoms with Gasteiger partial charge in [0.25, 0.3) is 0 Å². The molecule has 2 rings (SSSR count). The molecule has 1 saturated carbocycles. The van der Waals surface area contributed by atoms with E-state index in [1.165, 1.54) is 32.1 Å². The number of halogens is 1. The van der Waals surface area contributed by atoms with Gasteiger partial charge in [-0.3, -0.25) is 9.58 Å². The average molecular weight is 300 g/mol. The van der Waals surface area contributed by atoms with Crippen LogP contribution in [0.1, 0.15) is 32.1 Å². The molecule has 1 aliphatic rings. The Morgan fingerprint density at radius 3 is 2.71 bits per heavy atom. The summed E-state index contributed by atoms with van der Waals surface area (Å²) in [6.45, 7) is 3.29.